The zero-order valence-corrected chi connectivity index (χ0v) is 11.1. The van der Waals surface area contributed by atoms with Crippen molar-refractivity contribution in [2.45, 2.75) is 26.1 Å². The second-order valence-electron chi connectivity index (χ2n) is 4.62. The van der Waals surface area contributed by atoms with E-state index in [0.29, 0.717) is 22.5 Å². The van der Waals surface area contributed by atoms with E-state index in [0.717, 1.165) is 12.1 Å². The average molecular weight is 281 g/mol. The summed E-state index contributed by atoms with van der Waals surface area (Å²) < 4.78 is 37.5. The molecule has 0 spiro atoms. The topological polar surface area (TPSA) is 33.1 Å². The van der Waals surface area contributed by atoms with Crippen molar-refractivity contribution in [3.63, 3.8) is 0 Å². The van der Waals surface area contributed by atoms with Gasteiger partial charge in [-0.3, -0.25) is 4.98 Å². The van der Waals surface area contributed by atoms with Crippen LogP contribution in [0.3, 0.4) is 0 Å². The summed E-state index contributed by atoms with van der Waals surface area (Å²) in [5.74, 6) is 0. The number of nitrogens with zero attached hydrogens (tertiary/aromatic N) is 1. The standard InChI is InChI=1S/C15H14F3NO/c1-9-13(10(2)20)7-8-14(19-9)11-3-5-12(6-4-11)15(16,17)18/h3-8,10,20H,1-2H3. The van der Waals surface area contributed by atoms with Crippen molar-refractivity contribution < 1.29 is 18.3 Å². The molecule has 1 aromatic carbocycles. The minimum atomic E-state index is -4.34. The van der Waals surface area contributed by atoms with E-state index in [4.69, 9.17) is 0 Å². The number of hydrogen-bond donors (Lipinski definition) is 1. The SMILES string of the molecule is Cc1nc(-c2ccc(C(F)(F)F)cc2)ccc1C(C)O. The van der Waals surface area contributed by atoms with Gasteiger partial charge in [0.2, 0.25) is 0 Å². The Morgan fingerprint density at radius 3 is 2.10 bits per heavy atom. The van der Waals surface area contributed by atoms with E-state index in [1.165, 1.54) is 12.1 Å². The van der Waals surface area contributed by atoms with Gasteiger partial charge in [0.15, 0.2) is 0 Å². The van der Waals surface area contributed by atoms with Crippen molar-refractivity contribution in [2.24, 2.45) is 0 Å². The number of aryl methyl sites for hydroxylation is 1. The van der Waals surface area contributed by atoms with Crippen LogP contribution in [0.2, 0.25) is 0 Å². The van der Waals surface area contributed by atoms with E-state index in [9.17, 15) is 18.3 Å². The van der Waals surface area contributed by atoms with E-state index < -0.39 is 17.8 Å². The molecule has 0 radical (unpaired) electrons. The molecule has 1 atom stereocenters. The first-order chi connectivity index (χ1) is 9.29. The van der Waals surface area contributed by atoms with Gasteiger partial charge in [-0.05, 0) is 32.0 Å². The lowest BCUT2D eigenvalue weighted by Gasteiger charge is -2.11. The molecule has 1 N–H and O–H groups in total. The Balaban J connectivity index is 2.35. The second kappa shape index (κ2) is 5.25. The molecule has 20 heavy (non-hydrogen) atoms. The number of pyridine rings is 1. The molecule has 2 rings (SSSR count). The number of aromatic nitrogens is 1. The van der Waals surface area contributed by atoms with Crippen LogP contribution in [0.5, 0.6) is 0 Å². The van der Waals surface area contributed by atoms with Crippen molar-refractivity contribution in [2.75, 3.05) is 0 Å². The third-order valence-electron chi connectivity index (χ3n) is 3.08. The molecular weight excluding hydrogens is 267 g/mol. The molecular formula is C15H14F3NO. The minimum absolute atomic E-state index is 0.584. The van der Waals surface area contributed by atoms with Gasteiger partial charge in [0.25, 0.3) is 0 Å². The van der Waals surface area contributed by atoms with E-state index in [1.807, 2.05) is 0 Å². The monoisotopic (exact) mass is 281 g/mol. The summed E-state index contributed by atoms with van der Waals surface area (Å²) in [4.78, 5) is 4.32. The number of hydrogen-bond acceptors (Lipinski definition) is 2. The van der Waals surface area contributed by atoms with Crippen molar-refractivity contribution in [1.82, 2.24) is 4.98 Å². The van der Waals surface area contributed by atoms with Crippen LogP contribution in [-0.2, 0) is 6.18 Å². The van der Waals surface area contributed by atoms with Crippen LogP contribution in [-0.4, -0.2) is 10.1 Å². The molecule has 0 bridgehead atoms. The first kappa shape index (κ1) is 14.5. The van der Waals surface area contributed by atoms with Gasteiger partial charge in [-0.1, -0.05) is 18.2 Å². The molecule has 2 aromatic rings. The first-order valence-corrected chi connectivity index (χ1v) is 6.12. The van der Waals surface area contributed by atoms with E-state index in [1.54, 1.807) is 26.0 Å². The molecule has 2 nitrogen and oxygen atoms in total. The van der Waals surface area contributed by atoms with Gasteiger partial charge in [0, 0.05) is 16.8 Å². The fourth-order valence-electron chi connectivity index (χ4n) is 2.00. The molecule has 1 heterocycles. The van der Waals surface area contributed by atoms with Crippen molar-refractivity contribution in [3.05, 3.63) is 53.2 Å². The molecule has 1 aromatic heterocycles. The maximum Gasteiger partial charge on any atom is 0.416 e. The number of aliphatic hydroxyl groups is 1. The van der Waals surface area contributed by atoms with Crippen LogP contribution in [0.4, 0.5) is 13.2 Å². The number of aliphatic hydroxyl groups excluding tert-OH is 1. The van der Waals surface area contributed by atoms with Gasteiger partial charge in [-0.2, -0.15) is 13.2 Å². The normalized spacial score (nSPS) is 13.3. The molecule has 0 fully saturated rings. The summed E-state index contributed by atoms with van der Waals surface area (Å²) >= 11 is 0. The van der Waals surface area contributed by atoms with Gasteiger partial charge in [-0.25, -0.2) is 0 Å². The quantitative estimate of drug-likeness (QED) is 0.897. The molecule has 0 amide bonds. The first-order valence-electron chi connectivity index (χ1n) is 6.12. The number of alkyl halides is 3. The predicted octanol–water partition coefficient (Wildman–Crippen LogP) is 4.13. The second-order valence-corrected chi connectivity index (χ2v) is 4.62. The molecule has 5 heteroatoms. The third kappa shape index (κ3) is 2.99. The molecule has 0 aliphatic rings. The van der Waals surface area contributed by atoms with Crippen LogP contribution in [0.25, 0.3) is 11.3 Å². The van der Waals surface area contributed by atoms with Gasteiger partial charge in [0.05, 0.1) is 17.4 Å². The summed E-state index contributed by atoms with van der Waals surface area (Å²) in [5, 5.41) is 9.53. The highest BCUT2D eigenvalue weighted by Crippen LogP contribution is 2.31. The van der Waals surface area contributed by atoms with Gasteiger partial charge >= 0.3 is 6.18 Å². The average Bonchev–Trinajstić information content (AvgIpc) is 2.37. The van der Waals surface area contributed by atoms with Crippen LogP contribution >= 0.6 is 0 Å². The van der Waals surface area contributed by atoms with E-state index >= 15 is 0 Å². The zero-order chi connectivity index (χ0) is 14.9. The third-order valence-corrected chi connectivity index (χ3v) is 3.08. The smallest absolute Gasteiger partial charge is 0.389 e. The Bertz CT molecular complexity index is 604. The maximum absolute atomic E-state index is 12.5. The molecule has 106 valence electrons. The van der Waals surface area contributed by atoms with Gasteiger partial charge in [0.1, 0.15) is 0 Å². The van der Waals surface area contributed by atoms with Crippen molar-refractivity contribution >= 4 is 0 Å². The lowest BCUT2D eigenvalue weighted by molar-refractivity contribution is -0.137. The minimum Gasteiger partial charge on any atom is -0.389 e. The van der Waals surface area contributed by atoms with Gasteiger partial charge < -0.3 is 5.11 Å². The highest BCUT2D eigenvalue weighted by molar-refractivity contribution is 5.60. The highest BCUT2D eigenvalue weighted by atomic mass is 19.4. The summed E-state index contributed by atoms with van der Waals surface area (Å²) in [5.41, 5.74) is 1.88. The van der Waals surface area contributed by atoms with Crippen LogP contribution < -0.4 is 0 Å². The van der Waals surface area contributed by atoms with Gasteiger partial charge in [-0.15, -0.1) is 0 Å². The fraction of sp³-hybridized carbons (Fsp3) is 0.267. The number of rotatable bonds is 2. The van der Waals surface area contributed by atoms with Crippen molar-refractivity contribution in [3.8, 4) is 11.3 Å². The number of halogens is 3. The number of benzene rings is 1. The molecule has 0 aliphatic carbocycles. The Morgan fingerprint density at radius 1 is 1.05 bits per heavy atom. The van der Waals surface area contributed by atoms with Crippen LogP contribution in [0.1, 0.15) is 29.8 Å². The molecule has 0 aliphatic heterocycles. The highest BCUT2D eigenvalue weighted by Gasteiger charge is 2.30. The molecule has 0 saturated carbocycles. The largest absolute Gasteiger partial charge is 0.416 e. The summed E-state index contributed by atoms with van der Waals surface area (Å²) in [6.07, 6.45) is -4.96. The fourth-order valence-corrected chi connectivity index (χ4v) is 2.00. The van der Waals surface area contributed by atoms with Crippen LogP contribution in [0.15, 0.2) is 36.4 Å². The Kier molecular flexibility index (Phi) is 3.81. The predicted molar refractivity (Wildman–Crippen MR) is 70.0 cm³/mol. The van der Waals surface area contributed by atoms with E-state index in [-0.39, 0.29) is 0 Å². The van der Waals surface area contributed by atoms with E-state index in [2.05, 4.69) is 4.98 Å². The molecule has 1 unspecified atom stereocenters. The van der Waals surface area contributed by atoms with Crippen LogP contribution in [0, 0.1) is 6.92 Å². The van der Waals surface area contributed by atoms with Crippen molar-refractivity contribution in [1.29, 1.82) is 0 Å². The summed E-state index contributed by atoms with van der Waals surface area (Å²) in [6, 6.07) is 8.29. The zero-order valence-electron chi connectivity index (χ0n) is 11.1. The maximum atomic E-state index is 12.5. The summed E-state index contributed by atoms with van der Waals surface area (Å²) in [6.45, 7) is 3.40. The lowest BCUT2D eigenvalue weighted by atomic mass is 10.0. The Hall–Kier alpha value is -1.88. The lowest BCUT2D eigenvalue weighted by Crippen LogP contribution is -2.04. The molecule has 0 saturated heterocycles. The Labute approximate surface area is 114 Å². The Morgan fingerprint density at radius 2 is 1.65 bits per heavy atom. The summed E-state index contributed by atoms with van der Waals surface area (Å²) in [7, 11) is 0.